The van der Waals surface area contributed by atoms with Crippen molar-refractivity contribution in [3.05, 3.63) is 23.9 Å². The molecule has 80 valence electrons. The normalized spacial score (nSPS) is 9.67. The number of thioether (sulfide) groups is 1. The van der Waals surface area contributed by atoms with Gasteiger partial charge < -0.3 is 10.4 Å². The maximum Gasteiger partial charge on any atom is 0.337 e. The molecular formula is C9H10N2O3S. The Morgan fingerprint density at radius 1 is 1.53 bits per heavy atom. The van der Waals surface area contributed by atoms with Gasteiger partial charge in [0.25, 0.3) is 0 Å². The van der Waals surface area contributed by atoms with Crippen LogP contribution in [0.4, 0.5) is 0 Å². The van der Waals surface area contributed by atoms with Crippen LogP contribution in [0.1, 0.15) is 10.4 Å². The number of nitrogens with zero attached hydrogens (tertiary/aromatic N) is 1. The summed E-state index contributed by atoms with van der Waals surface area (Å²) in [5, 5.41) is 11.7. The molecule has 0 aromatic carbocycles. The number of aromatic nitrogens is 1. The number of rotatable bonds is 4. The summed E-state index contributed by atoms with van der Waals surface area (Å²) in [5.74, 6) is -0.829. The fourth-order valence-corrected chi connectivity index (χ4v) is 1.52. The van der Waals surface area contributed by atoms with Crippen molar-refractivity contribution in [2.24, 2.45) is 0 Å². The molecule has 0 saturated carbocycles. The quantitative estimate of drug-likeness (QED) is 0.736. The van der Waals surface area contributed by atoms with Crippen molar-refractivity contribution in [1.82, 2.24) is 10.3 Å². The molecule has 1 aromatic heterocycles. The van der Waals surface area contributed by atoms with Crippen molar-refractivity contribution >= 4 is 23.6 Å². The third-order valence-electron chi connectivity index (χ3n) is 1.61. The zero-order valence-electron chi connectivity index (χ0n) is 8.06. The van der Waals surface area contributed by atoms with Crippen molar-refractivity contribution in [3.63, 3.8) is 0 Å². The number of carbonyl (C=O) groups is 2. The van der Waals surface area contributed by atoms with E-state index >= 15 is 0 Å². The van der Waals surface area contributed by atoms with Crippen molar-refractivity contribution in [1.29, 1.82) is 0 Å². The van der Waals surface area contributed by atoms with E-state index in [1.807, 2.05) is 0 Å². The number of aromatic carboxylic acids is 1. The van der Waals surface area contributed by atoms with Crippen molar-refractivity contribution in [2.45, 2.75) is 5.03 Å². The summed E-state index contributed by atoms with van der Waals surface area (Å²) in [7, 11) is 1.56. The predicted octanol–water partition coefficient (Wildman–Crippen LogP) is 0.618. The van der Waals surface area contributed by atoms with Gasteiger partial charge >= 0.3 is 5.97 Å². The largest absolute Gasteiger partial charge is 0.478 e. The van der Waals surface area contributed by atoms with E-state index in [0.717, 1.165) is 0 Å². The van der Waals surface area contributed by atoms with Gasteiger partial charge in [-0.2, -0.15) is 0 Å². The van der Waals surface area contributed by atoms with Crippen LogP contribution in [0.5, 0.6) is 0 Å². The number of carboxylic acid groups (broad SMARTS) is 1. The highest BCUT2D eigenvalue weighted by Crippen LogP contribution is 2.14. The summed E-state index contributed by atoms with van der Waals surface area (Å²) >= 11 is 1.26. The van der Waals surface area contributed by atoms with Gasteiger partial charge in [-0.3, -0.25) is 4.79 Å². The summed E-state index contributed by atoms with van der Waals surface area (Å²) in [6, 6.07) is 3.04. The van der Waals surface area contributed by atoms with E-state index in [0.29, 0.717) is 5.03 Å². The maximum absolute atomic E-state index is 10.9. The molecule has 1 heterocycles. The SMILES string of the molecule is CNC(=O)CSc1ccc(C(=O)O)cn1. The molecule has 1 aromatic rings. The van der Waals surface area contributed by atoms with E-state index in [4.69, 9.17) is 5.11 Å². The highest BCUT2D eigenvalue weighted by Gasteiger charge is 2.04. The number of nitrogens with one attached hydrogen (secondary N) is 1. The summed E-state index contributed by atoms with van der Waals surface area (Å²) in [6.07, 6.45) is 1.27. The molecule has 5 nitrogen and oxygen atoms in total. The second-order valence-electron chi connectivity index (χ2n) is 2.65. The number of hydrogen-bond donors (Lipinski definition) is 2. The van der Waals surface area contributed by atoms with Gasteiger partial charge in [0.1, 0.15) is 0 Å². The van der Waals surface area contributed by atoms with Gasteiger partial charge in [-0.1, -0.05) is 11.8 Å². The lowest BCUT2D eigenvalue weighted by molar-refractivity contribution is -0.118. The third kappa shape index (κ3) is 3.59. The van der Waals surface area contributed by atoms with E-state index in [-0.39, 0.29) is 17.2 Å². The molecule has 15 heavy (non-hydrogen) atoms. The molecule has 0 atom stereocenters. The summed E-state index contributed by atoms with van der Waals surface area (Å²) in [5.41, 5.74) is 0.138. The Kier molecular flexibility index (Phi) is 4.11. The van der Waals surface area contributed by atoms with Crippen LogP contribution in [0.15, 0.2) is 23.4 Å². The summed E-state index contributed by atoms with van der Waals surface area (Å²) in [6.45, 7) is 0. The van der Waals surface area contributed by atoms with Crippen LogP contribution in [-0.4, -0.2) is 34.8 Å². The minimum absolute atomic E-state index is 0.0934. The van der Waals surface area contributed by atoms with Gasteiger partial charge in [-0.25, -0.2) is 9.78 Å². The van der Waals surface area contributed by atoms with Gasteiger partial charge in [0, 0.05) is 13.2 Å². The lowest BCUT2D eigenvalue weighted by atomic mass is 10.3. The van der Waals surface area contributed by atoms with Gasteiger partial charge in [0.15, 0.2) is 0 Å². The first-order valence-electron chi connectivity index (χ1n) is 4.16. The number of amides is 1. The first-order valence-corrected chi connectivity index (χ1v) is 5.14. The standard InChI is InChI=1S/C9H10N2O3S/c1-10-7(12)5-15-8-3-2-6(4-11-8)9(13)14/h2-4H,5H2,1H3,(H,10,12)(H,13,14). The molecule has 0 spiro atoms. The smallest absolute Gasteiger partial charge is 0.337 e. The molecule has 1 amide bonds. The topological polar surface area (TPSA) is 79.3 Å². The highest BCUT2D eigenvalue weighted by molar-refractivity contribution is 7.99. The van der Waals surface area contributed by atoms with Crippen LogP contribution < -0.4 is 5.32 Å². The van der Waals surface area contributed by atoms with E-state index < -0.39 is 5.97 Å². The van der Waals surface area contributed by atoms with Crippen molar-refractivity contribution < 1.29 is 14.7 Å². The molecule has 1 rings (SSSR count). The van der Waals surface area contributed by atoms with Gasteiger partial charge in [-0.05, 0) is 12.1 Å². The van der Waals surface area contributed by atoms with Crippen molar-refractivity contribution in [3.8, 4) is 0 Å². The lowest BCUT2D eigenvalue weighted by Gasteiger charge is -2.00. The molecule has 0 aliphatic carbocycles. The first kappa shape index (κ1) is 11.5. The van der Waals surface area contributed by atoms with Gasteiger partial charge in [0.2, 0.25) is 5.91 Å². The molecule has 0 radical (unpaired) electrons. The number of pyridine rings is 1. The molecule has 0 saturated heterocycles. The molecule has 0 aliphatic heterocycles. The maximum atomic E-state index is 10.9. The first-order chi connectivity index (χ1) is 7.13. The Labute approximate surface area is 90.9 Å². The molecular weight excluding hydrogens is 216 g/mol. The van der Waals surface area contributed by atoms with Crippen LogP contribution in [0, 0.1) is 0 Å². The number of carbonyl (C=O) groups excluding carboxylic acids is 1. The minimum Gasteiger partial charge on any atom is -0.478 e. The van der Waals surface area contributed by atoms with E-state index in [2.05, 4.69) is 10.3 Å². The molecule has 2 N–H and O–H groups in total. The average molecular weight is 226 g/mol. The molecule has 6 heteroatoms. The van der Waals surface area contributed by atoms with Crippen molar-refractivity contribution in [2.75, 3.05) is 12.8 Å². The van der Waals surface area contributed by atoms with Crippen LogP contribution in [0.25, 0.3) is 0 Å². The number of carboxylic acids is 1. The third-order valence-corrected chi connectivity index (χ3v) is 2.56. The minimum atomic E-state index is -1.01. The monoisotopic (exact) mass is 226 g/mol. The molecule has 0 unspecified atom stereocenters. The van der Waals surface area contributed by atoms with E-state index in [1.54, 1.807) is 13.1 Å². The fraction of sp³-hybridized carbons (Fsp3) is 0.222. The van der Waals surface area contributed by atoms with Gasteiger partial charge in [-0.15, -0.1) is 0 Å². The Bertz CT molecular complexity index is 364. The summed E-state index contributed by atoms with van der Waals surface area (Å²) < 4.78 is 0. The Balaban J connectivity index is 2.57. The zero-order valence-corrected chi connectivity index (χ0v) is 8.87. The van der Waals surface area contributed by atoms with Crippen LogP contribution in [0.3, 0.4) is 0 Å². The van der Waals surface area contributed by atoms with E-state index in [9.17, 15) is 9.59 Å². The summed E-state index contributed by atoms with van der Waals surface area (Å²) in [4.78, 5) is 25.3. The highest BCUT2D eigenvalue weighted by atomic mass is 32.2. The Morgan fingerprint density at radius 3 is 2.73 bits per heavy atom. The predicted molar refractivity (Wildman–Crippen MR) is 56.0 cm³/mol. The van der Waals surface area contributed by atoms with E-state index in [1.165, 1.54) is 24.0 Å². The van der Waals surface area contributed by atoms with Crippen LogP contribution in [-0.2, 0) is 4.79 Å². The second kappa shape index (κ2) is 5.35. The van der Waals surface area contributed by atoms with Crippen LogP contribution in [0.2, 0.25) is 0 Å². The Hall–Kier alpha value is -1.56. The Morgan fingerprint density at radius 2 is 2.27 bits per heavy atom. The van der Waals surface area contributed by atoms with Crippen LogP contribution >= 0.6 is 11.8 Å². The van der Waals surface area contributed by atoms with Gasteiger partial charge in [0.05, 0.1) is 16.3 Å². The molecule has 0 aliphatic rings. The zero-order chi connectivity index (χ0) is 11.3. The number of hydrogen-bond acceptors (Lipinski definition) is 4. The molecule has 0 bridgehead atoms. The average Bonchev–Trinajstić information content (AvgIpc) is 2.26. The lowest BCUT2D eigenvalue weighted by Crippen LogP contribution is -2.19. The second-order valence-corrected chi connectivity index (χ2v) is 3.65. The fourth-order valence-electron chi connectivity index (χ4n) is 0.804. The molecule has 0 fully saturated rings.